The molecule has 1 aromatic carbocycles. The highest BCUT2D eigenvalue weighted by molar-refractivity contribution is 6.24. The minimum Gasteiger partial charge on any atom is -0.467 e. The van der Waals surface area contributed by atoms with Crippen LogP contribution in [0.3, 0.4) is 0 Å². The third-order valence-corrected chi connectivity index (χ3v) is 8.48. The molecule has 2 atom stereocenters. The van der Waals surface area contributed by atoms with Crippen molar-refractivity contribution in [1.29, 1.82) is 0 Å². The second kappa shape index (κ2) is 10.6. The number of piperidine rings is 1. The van der Waals surface area contributed by atoms with Gasteiger partial charge in [-0.3, -0.25) is 19.3 Å². The van der Waals surface area contributed by atoms with Gasteiger partial charge in [-0.05, 0) is 50.7 Å². The van der Waals surface area contributed by atoms with E-state index in [1.54, 1.807) is 11.0 Å². The van der Waals surface area contributed by atoms with Crippen LogP contribution in [0.5, 0.6) is 0 Å². The molecule has 3 fully saturated rings. The first-order valence-electron chi connectivity index (χ1n) is 13.7. The second-order valence-corrected chi connectivity index (χ2v) is 10.7. The predicted molar refractivity (Wildman–Crippen MR) is 135 cm³/mol. The van der Waals surface area contributed by atoms with E-state index in [4.69, 9.17) is 4.74 Å². The first-order valence-corrected chi connectivity index (χ1v) is 13.7. The maximum Gasteiger partial charge on any atom is 0.328 e. The number of likely N-dealkylation sites (tertiary alicyclic amines) is 1. The van der Waals surface area contributed by atoms with Crippen LogP contribution in [0.25, 0.3) is 0 Å². The summed E-state index contributed by atoms with van der Waals surface area (Å²) in [5.74, 6) is -0.986. The van der Waals surface area contributed by atoms with Crippen LogP contribution in [0.15, 0.2) is 18.2 Å². The van der Waals surface area contributed by atoms with Crippen LogP contribution in [0.4, 0.5) is 5.69 Å². The van der Waals surface area contributed by atoms with E-state index in [0.29, 0.717) is 30.6 Å². The third kappa shape index (κ3) is 4.50. The number of carbonyl (C=O) groups is 4. The monoisotopic (exact) mass is 495 g/mol. The maximum absolute atomic E-state index is 13.7. The molecular formula is C28H37N3O5. The molecule has 194 valence electrons. The van der Waals surface area contributed by atoms with Crippen LogP contribution in [0.1, 0.15) is 91.3 Å². The number of fused-ring (bicyclic) bond motifs is 1. The Bertz CT molecular complexity index is 1030. The van der Waals surface area contributed by atoms with Crippen molar-refractivity contribution in [1.82, 2.24) is 9.80 Å². The van der Waals surface area contributed by atoms with Crippen molar-refractivity contribution in [2.45, 2.75) is 82.7 Å². The average Bonchev–Trinajstić information content (AvgIpc) is 3.47. The fourth-order valence-electron chi connectivity index (χ4n) is 6.62. The largest absolute Gasteiger partial charge is 0.467 e. The van der Waals surface area contributed by atoms with E-state index in [1.807, 2.05) is 12.1 Å². The zero-order valence-corrected chi connectivity index (χ0v) is 21.2. The van der Waals surface area contributed by atoms with Crippen LogP contribution in [-0.4, -0.2) is 72.3 Å². The number of methoxy groups -OCH3 is 1. The molecule has 2 saturated heterocycles. The zero-order chi connectivity index (χ0) is 25.2. The SMILES string of the molecule is COC(=O)[C@@H]1CCCN1C(=O)[C@H]1CCCN(c2cccc3c2C(=O)N(C2CCCCCCC2)C3=O)C1. The van der Waals surface area contributed by atoms with Gasteiger partial charge in [0.25, 0.3) is 11.8 Å². The topological polar surface area (TPSA) is 87.2 Å². The molecule has 0 unspecified atom stereocenters. The number of hydrogen-bond acceptors (Lipinski definition) is 6. The molecule has 1 aliphatic carbocycles. The molecule has 8 nitrogen and oxygen atoms in total. The number of imide groups is 1. The third-order valence-electron chi connectivity index (χ3n) is 8.48. The molecule has 3 amide bonds. The number of esters is 1. The summed E-state index contributed by atoms with van der Waals surface area (Å²) in [6.45, 7) is 1.77. The number of rotatable bonds is 4. The minimum atomic E-state index is -0.504. The molecular weight excluding hydrogens is 458 g/mol. The Morgan fingerprint density at radius 3 is 2.33 bits per heavy atom. The van der Waals surface area contributed by atoms with Gasteiger partial charge in [0.15, 0.2) is 0 Å². The summed E-state index contributed by atoms with van der Waals surface area (Å²) in [6, 6.07) is 4.98. The lowest BCUT2D eigenvalue weighted by Gasteiger charge is -2.37. The maximum atomic E-state index is 13.7. The highest BCUT2D eigenvalue weighted by Gasteiger charge is 2.43. The standard InChI is InChI=1S/C28H37N3O5/c1-36-28(35)23-15-9-17-30(23)25(32)19-10-8-16-29(18-19)22-14-7-13-21-24(22)27(34)31(26(21)33)20-11-5-3-2-4-6-12-20/h7,13-14,19-20,23H,2-6,8-12,15-18H2,1H3/t19-,23-/m0/s1. The fourth-order valence-corrected chi connectivity index (χ4v) is 6.62. The van der Waals surface area contributed by atoms with Crippen LogP contribution in [0, 0.1) is 5.92 Å². The molecule has 3 aliphatic heterocycles. The van der Waals surface area contributed by atoms with Crippen molar-refractivity contribution in [2.75, 3.05) is 31.6 Å². The van der Waals surface area contributed by atoms with Gasteiger partial charge in [0.1, 0.15) is 6.04 Å². The van der Waals surface area contributed by atoms with E-state index < -0.39 is 6.04 Å². The van der Waals surface area contributed by atoms with Crippen molar-refractivity contribution in [3.05, 3.63) is 29.3 Å². The lowest BCUT2D eigenvalue weighted by Crippen LogP contribution is -2.48. The van der Waals surface area contributed by atoms with E-state index in [0.717, 1.165) is 70.0 Å². The minimum absolute atomic E-state index is 0.0151. The van der Waals surface area contributed by atoms with Gasteiger partial charge in [-0.2, -0.15) is 0 Å². The van der Waals surface area contributed by atoms with E-state index in [-0.39, 0.29) is 35.7 Å². The number of benzene rings is 1. The summed E-state index contributed by atoms with van der Waals surface area (Å²) in [6.07, 6.45) is 10.4. The number of hydrogen-bond donors (Lipinski definition) is 0. The van der Waals surface area contributed by atoms with Gasteiger partial charge < -0.3 is 14.5 Å². The molecule has 0 radical (unpaired) electrons. The number of amides is 3. The molecule has 3 heterocycles. The van der Waals surface area contributed by atoms with Crippen LogP contribution in [-0.2, 0) is 14.3 Å². The Kier molecular flexibility index (Phi) is 7.30. The van der Waals surface area contributed by atoms with Gasteiger partial charge in [0, 0.05) is 25.7 Å². The predicted octanol–water partition coefficient (Wildman–Crippen LogP) is 3.78. The highest BCUT2D eigenvalue weighted by atomic mass is 16.5. The van der Waals surface area contributed by atoms with E-state index in [2.05, 4.69) is 4.90 Å². The van der Waals surface area contributed by atoms with Gasteiger partial charge in [-0.15, -0.1) is 0 Å². The van der Waals surface area contributed by atoms with Crippen LogP contribution >= 0.6 is 0 Å². The Balaban J connectivity index is 1.36. The summed E-state index contributed by atoms with van der Waals surface area (Å²) in [7, 11) is 1.36. The van der Waals surface area contributed by atoms with Gasteiger partial charge in [-0.1, -0.05) is 38.2 Å². The van der Waals surface area contributed by atoms with Crippen LogP contribution < -0.4 is 4.90 Å². The Hall–Kier alpha value is -2.90. The molecule has 5 rings (SSSR count). The van der Waals surface area contributed by atoms with E-state index >= 15 is 0 Å². The molecule has 1 aromatic rings. The lowest BCUT2D eigenvalue weighted by molar-refractivity contribution is -0.152. The molecule has 36 heavy (non-hydrogen) atoms. The van der Waals surface area contributed by atoms with Gasteiger partial charge >= 0.3 is 5.97 Å². The molecule has 8 heteroatoms. The van der Waals surface area contributed by atoms with Crippen molar-refractivity contribution in [2.24, 2.45) is 5.92 Å². The quantitative estimate of drug-likeness (QED) is 0.467. The number of carbonyl (C=O) groups excluding carboxylic acids is 4. The van der Waals surface area contributed by atoms with Crippen molar-refractivity contribution in [3.8, 4) is 0 Å². The summed E-state index contributed by atoms with van der Waals surface area (Å²) >= 11 is 0. The Labute approximate surface area is 212 Å². The number of ether oxygens (including phenoxy) is 1. The van der Waals surface area contributed by atoms with Crippen LogP contribution in [0.2, 0.25) is 0 Å². The molecule has 0 spiro atoms. The van der Waals surface area contributed by atoms with Crippen molar-refractivity contribution < 1.29 is 23.9 Å². The first-order chi connectivity index (χ1) is 17.5. The fraction of sp³-hybridized carbons (Fsp3) is 0.643. The van der Waals surface area contributed by atoms with Gasteiger partial charge in [0.05, 0.1) is 29.8 Å². The Morgan fingerprint density at radius 2 is 1.58 bits per heavy atom. The average molecular weight is 496 g/mol. The number of nitrogens with zero attached hydrogens (tertiary/aromatic N) is 3. The molecule has 4 aliphatic rings. The molecule has 1 saturated carbocycles. The van der Waals surface area contributed by atoms with Crippen molar-refractivity contribution in [3.63, 3.8) is 0 Å². The zero-order valence-electron chi connectivity index (χ0n) is 21.2. The van der Waals surface area contributed by atoms with E-state index in [9.17, 15) is 19.2 Å². The highest BCUT2D eigenvalue weighted by Crippen LogP contribution is 2.37. The van der Waals surface area contributed by atoms with E-state index in [1.165, 1.54) is 18.4 Å². The Morgan fingerprint density at radius 1 is 0.861 bits per heavy atom. The van der Waals surface area contributed by atoms with Gasteiger partial charge in [0.2, 0.25) is 5.91 Å². The molecule has 0 N–H and O–H groups in total. The summed E-state index contributed by atoms with van der Waals surface area (Å²) < 4.78 is 4.92. The molecule has 0 aromatic heterocycles. The molecule has 0 bridgehead atoms. The first kappa shape index (κ1) is 24.8. The van der Waals surface area contributed by atoms with Crippen molar-refractivity contribution >= 4 is 29.4 Å². The lowest BCUT2D eigenvalue weighted by atomic mass is 9.94. The van der Waals surface area contributed by atoms with Gasteiger partial charge in [-0.25, -0.2) is 4.79 Å². The second-order valence-electron chi connectivity index (χ2n) is 10.7. The smallest absolute Gasteiger partial charge is 0.328 e. The normalized spacial score (nSPS) is 25.5. The summed E-state index contributed by atoms with van der Waals surface area (Å²) in [5.41, 5.74) is 1.73. The number of anilines is 1. The summed E-state index contributed by atoms with van der Waals surface area (Å²) in [4.78, 5) is 58.0. The summed E-state index contributed by atoms with van der Waals surface area (Å²) in [5, 5.41) is 0.